The van der Waals surface area contributed by atoms with E-state index in [4.69, 9.17) is 5.11 Å². The summed E-state index contributed by atoms with van der Waals surface area (Å²) in [5.41, 5.74) is 2.20. The van der Waals surface area contributed by atoms with E-state index in [0.717, 1.165) is 20.9 Å². The summed E-state index contributed by atoms with van der Waals surface area (Å²) >= 11 is 3.39. The van der Waals surface area contributed by atoms with Crippen LogP contribution in [0.25, 0.3) is 17.0 Å². The summed E-state index contributed by atoms with van der Waals surface area (Å²) in [6.45, 7) is 1.58. The molecule has 0 spiro atoms. The number of H-pyrrole nitrogens is 1. The summed E-state index contributed by atoms with van der Waals surface area (Å²) in [4.78, 5) is 13.8. The summed E-state index contributed by atoms with van der Waals surface area (Å²) in [5.74, 6) is -0.897. The van der Waals surface area contributed by atoms with E-state index in [1.54, 1.807) is 13.0 Å². The van der Waals surface area contributed by atoms with Gasteiger partial charge in [-0.3, -0.25) is 0 Å². The van der Waals surface area contributed by atoms with Crippen molar-refractivity contribution in [1.29, 1.82) is 0 Å². The highest BCUT2D eigenvalue weighted by atomic mass is 79.9. The molecule has 2 aromatic rings. The van der Waals surface area contributed by atoms with E-state index in [1.807, 2.05) is 24.4 Å². The maximum atomic E-state index is 10.7. The quantitative estimate of drug-likeness (QED) is 0.828. The van der Waals surface area contributed by atoms with Gasteiger partial charge in [0.1, 0.15) is 0 Å². The van der Waals surface area contributed by atoms with Gasteiger partial charge >= 0.3 is 5.97 Å². The second kappa shape index (κ2) is 4.14. The zero-order valence-electron chi connectivity index (χ0n) is 8.62. The van der Waals surface area contributed by atoms with Crippen molar-refractivity contribution in [3.05, 3.63) is 40.0 Å². The molecular weight excluding hydrogens is 270 g/mol. The molecule has 0 aliphatic rings. The molecular formula is C12H10BrNO2. The number of hydrogen-bond acceptors (Lipinski definition) is 1. The van der Waals surface area contributed by atoms with Crippen LogP contribution in [0.4, 0.5) is 0 Å². The van der Waals surface area contributed by atoms with Crippen LogP contribution in [0, 0.1) is 0 Å². The zero-order chi connectivity index (χ0) is 11.7. The van der Waals surface area contributed by atoms with Crippen LogP contribution in [0.15, 0.2) is 34.4 Å². The lowest BCUT2D eigenvalue weighted by atomic mass is 10.1. The number of aromatic nitrogens is 1. The molecule has 2 rings (SSSR count). The Morgan fingerprint density at radius 3 is 2.94 bits per heavy atom. The first kappa shape index (κ1) is 11.0. The van der Waals surface area contributed by atoms with Gasteiger partial charge in [0.25, 0.3) is 0 Å². The Morgan fingerprint density at radius 1 is 1.50 bits per heavy atom. The molecule has 1 aromatic heterocycles. The van der Waals surface area contributed by atoms with Crippen LogP contribution in [-0.2, 0) is 4.79 Å². The van der Waals surface area contributed by atoms with E-state index in [-0.39, 0.29) is 0 Å². The number of carboxylic acids is 1. The molecule has 0 amide bonds. The Labute approximate surface area is 101 Å². The highest BCUT2D eigenvalue weighted by molar-refractivity contribution is 9.10. The van der Waals surface area contributed by atoms with E-state index in [1.165, 1.54) is 0 Å². The molecule has 0 atom stereocenters. The number of rotatable bonds is 2. The van der Waals surface area contributed by atoms with Crippen molar-refractivity contribution in [2.75, 3.05) is 0 Å². The molecule has 16 heavy (non-hydrogen) atoms. The minimum absolute atomic E-state index is 0.323. The Morgan fingerprint density at radius 2 is 2.25 bits per heavy atom. The number of aromatic amines is 1. The predicted octanol–water partition coefficient (Wildman–Crippen LogP) is 3.42. The maximum Gasteiger partial charge on any atom is 0.331 e. The van der Waals surface area contributed by atoms with Crippen molar-refractivity contribution in [3.8, 4) is 0 Å². The van der Waals surface area contributed by atoms with Gasteiger partial charge in [0.15, 0.2) is 0 Å². The summed E-state index contributed by atoms with van der Waals surface area (Å²) < 4.78 is 0.993. The molecule has 0 bridgehead atoms. The average Bonchev–Trinajstić information content (AvgIpc) is 2.60. The molecule has 2 N–H and O–H groups in total. The summed E-state index contributed by atoms with van der Waals surface area (Å²) in [6, 6.07) is 5.85. The fourth-order valence-corrected chi connectivity index (χ4v) is 1.90. The van der Waals surface area contributed by atoms with Crippen molar-refractivity contribution >= 4 is 38.9 Å². The Bertz CT molecular complexity index is 584. The van der Waals surface area contributed by atoms with E-state index in [0.29, 0.717) is 5.57 Å². The monoisotopic (exact) mass is 279 g/mol. The van der Waals surface area contributed by atoms with E-state index in [9.17, 15) is 4.79 Å². The minimum atomic E-state index is -0.897. The molecule has 0 unspecified atom stereocenters. The Kier molecular flexibility index (Phi) is 2.83. The second-order valence-electron chi connectivity index (χ2n) is 3.57. The van der Waals surface area contributed by atoms with E-state index in [2.05, 4.69) is 20.9 Å². The van der Waals surface area contributed by atoms with E-state index < -0.39 is 5.97 Å². The van der Waals surface area contributed by atoms with Gasteiger partial charge in [-0.1, -0.05) is 22.0 Å². The van der Waals surface area contributed by atoms with Crippen LogP contribution in [-0.4, -0.2) is 16.1 Å². The van der Waals surface area contributed by atoms with Crippen LogP contribution in [0.3, 0.4) is 0 Å². The van der Waals surface area contributed by atoms with Crippen molar-refractivity contribution in [3.63, 3.8) is 0 Å². The molecule has 0 saturated heterocycles. The first-order valence-electron chi connectivity index (χ1n) is 4.76. The summed E-state index contributed by atoms with van der Waals surface area (Å²) in [5, 5.41) is 9.83. The summed E-state index contributed by atoms with van der Waals surface area (Å²) in [7, 11) is 0. The molecule has 0 saturated carbocycles. The lowest BCUT2D eigenvalue weighted by molar-refractivity contribution is -0.132. The molecule has 0 aliphatic carbocycles. The minimum Gasteiger partial charge on any atom is -0.478 e. The normalized spacial score (nSPS) is 12.0. The van der Waals surface area contributed by atoms with Crippen molar-refractivity contribution < 1.29 is 9.90 Å². The highest BCUT2D eigenvalue weighted by Gasteiger charge is 2.05. The van der Waals surface area contributed by atoms with Crippen LogP contribution in [0.2, 0.25) is 0 Å². The lowest BCUT2D eigenvalue weighted by Gasteiger charge is -1.95. The van der Waals surface area contributed by atoms with Gasteiger partial charge in [-0.15, -0.1) is 0 Å². The molecule has 0 radical (unpaired) electrons. The smallest absolute Gasteiger partial charge is 0.331 e. The number of carbonyl (C=O) groups is 1. The lowest BCUT2D eigenvalue weighted by Crippen LogP contribution is -1.94. The Hall–Kier alpha value is -1.55. The standard InChI is InChI=1S/C12H10BrNO2/c1-7(12(15)16)4-8-6-14-11-5-9(13)2-3-10(8)11/h2-6,14H,1H3,(H,15,16)/b7-4+. The third-order valence-corrected chi connectivity index (χ3v) is 2.88. The van der Waals surface area contributed by atoms with Crippen LogP contribution in [0.5, 0.6) is 0 Å². The largest absolute Gasteiger partial charge is 0.478 e. The molecule has 82 valence electrons. The molecule has 1 aromatic carbocycles. The fourth-order valence-electron chi connectivity index (χ4n) is 1.54. The predicted molar refractivity (Wildman–Crippen MR) is 67.3 cm³/mol. The van der Waals surface area contributed by atoms with Gasteiger partial charge in [0, 0.05) is 32.7 Å². The van der Waals surface area contributed by atoms with Gasteiger partial charge in [0.2, 0.25) is 0 Å². The topological polar surface area (TPSA) is 53.1 Å². The number of benzene rings is 1. The molecule has 0 aliphatic heterocycles. The number of hydrogen-bond donors (Lipinski definition) is 2. The zero-order valence-corrected chi connectivity index (χ0v) is 10.2. The Balaban J connectivity index is 2.55. The fraction of sp³-hybridized carbons (Fsp3) is 0.0833. The first-order chi connectivity index (χ1) is 7.58. The maximum absolute atomic E-state index is 10.7. The van der Waals surface area contributed by atoms with Gasteiger partial charge in [0.05, 0.1) is 0 Å². The summed E-state index contributed by atoms with van der Waals surface area (Å²) in [6.07, 6.45) is 3.47. The van der Waals surface area contributed by atoms with Gasteiger partial charge in [-0.2, -0.15) is 0 Å². The third kappa shape index (κ3) is 2.02. The van der Waals surface area contributed by atoms with Crippen LogP contribution >= 0.6 is 15.9 Å². The number of nitrogens with one attached hydrogen (secondary N) is 1. The van der Waals surface area contributed by atoms with Gasteiger partial charge < -0.3 is 10.1 Å². The molecule has 4 heteroatoms. The molecule has 3 nitrogen and oxygen atoms in total. The number of halogens is 1. The third-order valence-electron chi connectivity index (χ3n) is 2.39. The number of carboxylic acid groups (broad SMARTS) is 1. The molecule has 0 fully saturated rings. The first-order valence-corrected chi connectivity index (χ1v) is 5.55. The van der Waals surface area contributed by atoms with Crippen molar-refractivity contribution in [2.24, 2.45) is 0 Å². The van der Waals surface area contributed by atoms with Gasteiger partial charge in [-0.25, -0.2) is 4.79 Å². The van der Waals surface area contributed by atoms with Crippen LogP contribution in [0.1, 0.15) is 12.5 Å². The van der Waals surface area contributed by atoms with Gasteiger partial charge in [-0.05, 0) is 25.1 Å². The molecule has 1 heterocycles. The SMILES string of the molecule is C/C(=C\c1c[nH]c2cc(Br)ccc12)C(=O)O. The van der Waals surface area contributed by atoms with Crippen molar-refractivity contribution in [2.45, 2.75) is 6.92 Å². The number of aliphatic carboxylic acids is 1. The average molecular weight is 280 g/mol. The highest BCUT2D eigenvalue weighted by Crippen LogP contribution is 2.23. The number of fused-ring (bicyclic) bond motifs is 1. The van der Waals surface area contributed by atoms with E-state index >= 15 is 0 Å². The van der Waals surface area contributed by atoms with Crippen LogP contribution < -0.4 is 0 Å². The van der Waals surface area contributed by atoms with Crippen molar-refractivity contribution in [1.82, 2.24) is 4.98 Å². The second-order valence-corrected chi connectivity index (χ2v) is 4.48.